The first-order valence-electron chi connectivity index (χ1n) is 7.70. The maximum atomic E-state index is 12.3. The quantitative estimate of drug-likeness (QED) is 0.504. The van der Waals surface area contributed by atoms with E-state index in [1.165, 1.54) is 29.2 Å². The summed E-state index contributed by atoms with van der Waals surface area (Å²) >= 11 is 14.7. The van der Waals surface area contributed by atoms with Gasteiger partial charge in [0.1, 0.15) is 0 Å². The van der Waals surface area contributed by atoms with Crippen molar-refractivity contribution in [2.45, 2.75) is 4.90 Å². The van der Waals surface area contributed by atoms with Crippen molar-refractivity contribution in [2.24, 2.45) is 0 Å². The largest absolute Gasteiger partial charge is 0.322 e. The molecule has 0 aliphatic rings. The molecule has 27 heavy (non-hydrogen) atoms. The maximum Gasteiger partial charge on any atom is 0.257 e. The zero-order valence-electron chi connectivity index (χ0n) is 13.7. The third kappa shape index (κ3) is 5.71. The first kappa shape index (κ1) is 19.7. The van der Waals surface area contributed by atoms with Crippen LogP contribution in [-0.4, -0.2) is 22.6 Å². The van der Waals surface area contributed by atoms with Crippen LogP contribution in [0.5, 0.6) is 0 Å². The number of amides is 2. The zero-order chi connectivity index (χ0) is 19.2. The number of thioether (sulfide) groups is 1. The summed E-state index contributed by atoms with van der Waals surface area (Å²) in [5.74, 6) is -0.171. The molecule has 0 aliphatic carbocycles. The van der Waals surface area contributed by atoms with E-state index in [0.29, 0.717) is 26.4 Å². The highest BCUT2D eigenvalue weighted by atomic mass is 35.5. The molecule has 0 unspecified atom stereocenters. The average Bonchev–Trinajstić information content (AvgIpc) is 3.14. The molecule has 1 heterocycles. The predicted octanol–water partition coefficient (Wildman–Crippen LogP) is 5.43. The van der Waals surface area contributed by atoms with Gasteiger partial charge < -0.3 is 10.6 Å². The SMILES string of the molecule is O=C(CSc1ccc(NC(=O)c2ccc(Cl)cc2Cl)cc1)Nc1nccs1. The second kappa shape index (κ2) is 9.23. The zero-order valence-corrected chi connectivity index (χ0v) is 16.9. The lowest BCUT2D eigenvalue weighted by Gasteiger charge is -2.08. The lowest BCUT2D eigenvalue weighted by molar-refractivity contribution is -0.113. The number of benzene rings is 2. The first-order chi connectivity index (χ1) is 13.0. The summed E-state index contributed by atoms with van der Waals surface area (Å²) in [6.07, 6.45) is 1.64. The Morgan fingerprint density at radius 3 is 2.52 bits per heavy atom. The molecule has 2 amide bonds. The Bertz CT molecular complexity index is 948. The van der Waals surface area contributed by atoms with Gasteiger partial charge in [-0.2, -0.15) is 0 Å². The van der Waals surface area contributed by atoms with E-state index in [1.807, 2.05) is 12.1 Å². The van der Waals surface area contributed by atoms with Gasteiger partial charge in [-0.15, -0.1) is 23.1 Å². The fourth-order valence-electron chi connectivity index (χ4n) is 2.10. The van der Waals surface area contributed by atoms with Gasteiger partial charge in [0.15, 0.2) is 5.13 Å². The van der Waals surface area contributed by atoms with Crippen LogP contribution in [0.3, 0.4) is 0 Å². The van der Waals surface area contributed by atoms with Gasteiger partial charge in [0.05, 0.1) is 16.3 Å². The summed E-state index contributed by atoms with van der Waals surface area (Å²) in [5.41, 5.74) is 0.973. The van der Waals surface area contributed by atoms with Crippen molar-refractivity contribution < 1.29 is 9.59 Å². The third-order valence-corrected chi connectivity index (χ3v) is 5.58. The van der Waals surface area contributed by atoms with Crippen LogP contribution in [0.2, 0.25) is 10.0 Å². The van der Waals surface area contributed by atoms with E-state index in [0.717, 1.165) is 4.90 Å². The van der Waals surface area contributed by atoms with Crippen LogP contribution in [0.25, 0.3) is 0 Å². The molecule has 9 heteroatoms. The van der Waals surface area contributed by atoms with Crippen molar-refractivity contribution in [2.75, 3.05) is 16.4 Å². The molecule has 0 spiro atoms. The highest BCUT2D eigenvalue weighted by Gasteiger charge is 2.11. The van der Waals surface area contributed by atoms with E-state index in [9.17, 15) is 9.59 Å². The van der Waals surface area contributed by atoms with Gasteiger partial charge in [-0.1, -0.05) is 23.2 Å². The molecule has 138 valence electrons. The van der Waals surface area contributed by atoms with Gasteiger partial charge in [0.25, 0.3) is 5.91 Å². The van der Waals surface area contributed by atoms with Crippen molar-refractivity contribution in [1.29, 1.82) is 0 Å². The van der Waals surface area contributed by atoms with Crippen LogP contribution in [0, 0.1) is 0 Å². The highest BCUT2D eigenvalue weighted by molar-refractivity contribution is 8.00. The Labute approximate surface area is 174 Å². The Kier molecular flexibility index (Phi) is 6.73. The normalized spacial score (nSPS) is 10.4. The molecular formula is C18H13Cl2N3O2S2. The van der Waals surface area contributed by atoms with Crippen LogP contribution < -0.4 is 10.6 Å². The van der Waals surface area contributed by atoms with Crippen molar-refractivity contribution >= 4 is 68.9 Å². The summed E-state index contributed by atoms with van der Waals surface area (Å²) in [4.78, 5) is 29.1. The van der Waals surface area contributed by atoms with Crippen molar-refractivity contribution in [3.63, 3.8) is 0 Å². The van der Waals surface area contributed by atoms with Crippen molar-refractivity contribution in [1.82, 2.24) is 4.98 Å². The van der Waals surface area contributed by atoms with Crippen molar-refractivity contribution in [3.05, 3.63) is 69.7 Å². The molecule has 1 aromatic heterocycles. The fourth-order valence-corrected chi connectivity index (χ4v) is 3.83. The van der Waals surface area contributed by atoms with E-state index in [4.69, 9.17) is 23.2 Å². The fraction of sp³-hybridized carbons (Fsp3) is 0.0556. The second-order valence-electron chi connectivity index (χ2n) is 5.28. The minimum absolute atomic E-state index is 0.121. The summed E-state index contributed by atoms with van der Waals surface area (Å²) in [6.45, 7) is 0. The number of anilines is 2. The molecular weight excluding hydrogens is 425 g/mol. The smallest absolute Gasteiger partial charge is 0.257 e. The topological polar surface area (TPSA) is 71.1 Å². The molecule has 0 fully saturated rings. The number of carbonyl (C=O) groups is 2. The number of halogens is 2. The Morgan fingerprint density at radius 2 is 1.85 bits per heavy atom. The summed E-state index contributed by atoms with van der Waals surface area (Å²) < 4.78 is 0. The van der Waals surface area contributed by atoms with E-state index in [1.54, 1.807) is 35.8 Å². The van der Waals surface area contributed by atoms with Crippen LogP contribution in [-0.2, 0) is 4.79 Å². The number of thiazole rings is 1. The molecule has 0 bridgehead atoms. The van der Waals surface area contributed by atoms with Crippen molar-refractivity contribution in [3.8, 4) is 0 Å². The first-order valence-corrected chi connectivity index (χ1v) is 10.3. The standard InChI is InChI=1S/C18H13Cl2N3O2S2/c19-11-1-6-14(15(20)9-11)17(25)22-12-2-4-13(5-3-12)27-10-16(24)23-18-21-7-8-26-18/h1-9H,10H2,(H,22,25)(H,21,23,24). The van der Waals surface area contributed by atoms with E-state index in [2.05, 4.69) is 15.6 Å². The van der Waals surface area contributed by atoms with Gasteiger partial charge in [-0.25, -0.2) is 4.98 Å². The summed E-state index contributed by atoms with van der Waals surface area (Å²) in [7, 11) is 0. The number of nitrogens with one attached hydrogen (secondary N) is 2. The molecule has 5 nitrogen and oxygen atoms in total. The number of carbonyl (C=O) groups excluding carboxylic acids is 2. The third-order valence-electron chi connectivity index (χ3n) is 3.34. The number of hydrogen-bond acceptors (Lipinski definition) is 5. The van der Waals surface area contributed by atoms with Crippen LogP contribution >= 0.6 is 46.3 Å². The summed E-state index contributed by atoms with van der Waals surface area (Å²) in [6, 6.07) is 11.9. The van der Waals surface area contributed by atoms with E-state index >= 15 is 0 Å². The minimum Gasteiger partial charge on any atom is -0.322 e. The number of rotatable bonds is 6. The van der Waals surface area contributed by atoms with E-state index in [-0.39, 0.29) is 17.6 Å². The predicted molar refractivity (Wildman–Crippen MR) is 112 cm³/mol. The van der Waals surface area contributed by atoms with E-state index < -0.39 is 0 Å². The number of nitrogens with zero attached hydrogens (tertiary/aromatic N) is 1. The van der Waals surface area contributed by atoms with Gasteiger partial charge >= 0.3 is 0 Å². The van der Waals surface area contributed by atoms with Crippen LogP contribution in [0.4, 0.5) is 10.8 Å². The lowest BCUT2D eigenvalue weighted by atomic mass is 10.2. The molecule has 3 rings (SSSR count). The van der Waals surface area contributed by atoms with Gasteiger partial charge in [0, 0.05) is 27.2 Å². The molecule has 3 aromatic rings. The maximum absolute atomic E-state index is 12.3. The lowest BCUT2D eigenvalue weighted by Crippen LogP contribution is -2.13. The Hall–Kier alpha value is -2.06. The van der Waals surface area contributed by atoms with Gasteiger partial charge in [-0.05, 0) is 42.5 Å². The number of hydrogen-bond donors (Lipinski definition) is 2. The minimum atomic E-state index is -0.320. The summed E-state index contributed by atoms with van der Waals surface area (Å²) in [5, 5.41) is 8.65. The van der Waals surface area contributed by atoms with Crippen LogP contribution in [0.15, 0.2) is 58.9 Å². The molecule has 0 saturated carbocycles. The number of aromatic nitrogens is 1. The second-order valence-corrected chi connectivity index (χ2v) is 8.06. The molecule has 2 N–H and O–H groups in total. The molecule has 0 radical (unpaired) electrons. The highest BCUT2D eigenvalue weighted by Crippen LogP contribution is 2.24. The monoisotopic (exact) mass is 437 g/mol. The Balaban J connectivity index is 1.53. The Morgan fingerprint density at radius 1 is 1.07 bits per heavy atom. The molecule has 0 atom stereocenters. The van der Waals surface area contributed by atoms with Gasteiger partial charge in [-0.3, -0.25) is 9.59 Å². The average molecular weight is 438 g/mol. The molecule has 0 saturated heterocycles. The molecule has 2 aromatic carbocycles. The van der Waals surface area contributed by atoms with Gasteiger partial charge in [0.2, 0.25) is 5.91 Å². The molecule has 0 aliphatic heterocycles. The van der Waals surface area contributed by atoms with Crippen LogP contribution in [0.1, 0.15) is 10.4 Å².